The summed E-state index contributed by atoms with van der Waals surface area (Å²) >= 11 is 5.87. The van der Waals surface area contributed by atoms with Crippen LogP contribution in [0.15, 0.2) is 48.5 Å². The molecule has 146 valence electrons. The van der Waals surface area contributed by atoms with Crippen LogP contribution in [0.5, 0.6) is 5.75 Å². The van der Waals surface area contributed by atoms with Gasteiger partial charge in [0.15, 0.2) is 0 Å². The van der Waals surface area contributed by atoms with Gasteiger partial charge in [-0.05, 0) is 42.0 Å². The molecule has 1 atom stereocenters. The maximum Gasteiger partial charge on any atom is 0.126 e. The van der Waals surface area contributed by atoms with E-state index in [4.69, 9.17) is 21.1 Å². The van der Waals surface area contributed by atoms with Gasteiger partial charge in [-0.3, -0.25) is 0 Å². The van der Waals surface area contributed by atoms with E-state index in [-0.39, 0.29) is 0 Å². The summed E-state index contributed by atoms with van der Waals surface area (Å²) in [5.41, 5.74) is 2.29. The van der Waals surface area contributed by atoms with Crippen LogP contribution in [0, 0.1) is 0 Å². The van der Waals surface area contributed by atoms with Crippen molar-refractivity contribution in [2.75, 3.05) is 51.3 Å². The SMILES string of the molecule is COc1ccc(N2CC[NH+](C[C@H](O)COCc3ccc(Cl)cc3)CC2)cc1. The summed E-state index contributed by atoms with van der Waals surface area (Å²) in [6.45, 7) is 5.57. The number of piperazine rings is 1. The monoisotopic (exact) mass is 391 g/mol. The molecule has 3 rings (SSSR count). The standard InChI is InChI=1S/C21H27ClN2O3/c1-26-21-8-6-19(7-9-21)24-12-10-23(11-13-24)14-20(25)16-27-15-17-2-4-18(22)5-3-17/h2-9,20,25H,10-16H2,1H3/p+1/t20-/m0/s1. The van der Waals surface area contributed by atoms with E-state index in [9.17, 15) is 5.11 Å². The first-order chi connectivity index (χ1) is 13.1. The second kappa shape index (κ2) is 9.95. The third-order valence-corrected chi connectivity index (χ3v) is 5.18. The molecule has 5 nitrogen and oxygen atoms in total. The van der Waals surface area contributed by atoms with Gasteiger partial charge >= 0.3 is 0 Å². The van der Waals surface area contributed by atoms with Crippen molar-refractivity contribution in [2.24, 2.45) is 0 Å². The van der Waals surface area contributed by atoms with Crippen molar-refractivity contribution < 1.29 is 19.5 Å². The maximum atomic E-state index is 10.3. The zero-order chi connectivity index (χ0) is 19.1. The molecular weight excluding hydrogens is 364 g/mol. The van der Waals surface area contributed by atoms with Crippen LogP contribution in [0.4, 0.5) is 5.69 Å². The van der Waals surface area contributed by atoms with E-state index in [2.05, 4.69) is 17.0 Å². The van der Waals surface area contributed by atoms with Crippen molar-refractivity contribution in [3.05, 3.63) is 59.1 Å². The molecule has 6 heteroatoms. The molecule has 0 saturated carbocycles. The zero-order valence-electron chi connectivity index (χ0n) is 15.7. The summed E-state index contributed by atoms with van der Waals surface area (Å²) in [6.07, 6.45) is -0.445. The van der Waals surface area contributed by atoms with Gasteiger partial charge in [0.1, 0.15) is 18.4 Å². The fraction of sp³-hybridized carbons (Fsp3) is 0.429. The second-order valence-corrected chi connectivity index (χ2v) is 7.37. The molecule has 1 heterocycles. The fourth-order valence-electron chi connectivity index (χ4n) is 3.36. The topological polar surface area (TPSA) is 46.4 Å². The summed E-state index contributed by atoms with van der Waals surface area (Å²) in [7, 11) is 1.68. The van der Waals surface area contributed by atoms with Gasteiger partial charge in [0.2, 0.25) is 0 Å². The third kappa shape index (κ3) is 6.11. The Kier molecular flexibility index (Phi) is 7.35. The normalized spacial score (nSPS) is 16.3. The highest BCUT2D eigenvalue weighted by Crippen LogP contribution is 2.19. The van der Waals surface area contributed by atoms with Crippen LogP contribution in [0.25, 0.3) is 0 Å². The van der Waals surface area contributed by atoms with Gasteiger partial charge in [0.25, 0.3) is 0 Å². The van der Waals surface area contributed by atoms with Crippen LogP contribution in [0.2, 0.25) is 5.02 Å². The molecule has 0 spiro atoms. The molecule has 1 saturated heterocycles. The number of aliphatic hydroxyl groups excluding tert-OH is 1. The lowest BCUT2D eigenvalue weighted by Crippen LogP contribution is -3.16. The minimum atomic E-state index is -0.445. The van der Waals surface area contributed by atoms with E-state index in [0.29, 0.717) is 13.2 Å². The van der Waals surface area contributed by atoms with Gasteiger partial charge < -0.3 is 24.4 Å². The number of nitrogens with zero attached hydrogens (tertiary/aromatic N) is 1. The molecule has 2 N–H and O–H groups in total. The van der Waals surface area contributed by atoms with Gasteiger partial charge in [0, 0.05) is 10.7 Å². The van der Waals surface area contributed by atoms with E-state index < -0.39 is 6.10 Å². The molecule has 2 aromatic carbocycles. The van der Waals surface area contributed by atoms with Gasteiger partial charge in [-0.15, -0.1) is 0 Å². The summed E-state index contributed by atoms with van der Waals surface area (Å²) in [4.78, 5) is 3.80. The molecule has 1 aliphatic rings. The molecule has 0 amide bonds. The van der Waals surface area contributed by atoms with Crippen molar-refractivity contribution in [1.82, 2.24) is 0 Å². The number of quaternary nitrogens is 1. The highest BCUT2D eigenvalue weighted by molar-refractivity contribution is 6.30. The highest BCUT2D eigenvalue weighted by Gasteiger charge is 2.22. The Balaban J connectivity index is 1.36. The first kappa shape index (κ1) is 20.0. The van der Waals surface area contributed by atoms with Crippen LogP contribution in [-0.2, 0) is 11.3 Å². The molecule has 27 heavy (non-hydrogen) atoms. The Morgan fingerprint density at radius 2 is 1.74 bits per heavy atom. The Labute approximate surface area is 166 Å². The van der Waals surface area contributed by atoms with E-state index in [1.54, 1.807) is 7.11 Å². The van der Waals surface area contributed by atoms with Crippen molar-refractivity contribution in [3.8, 4) is 5.75 Å². The lowest BCUT2D eigenvalue weighted by atomic mass is 10.2. The van der Waals surface area contributed by atoms with Gasteiger partial charge in [-0.1, -0.05) is 23.7 Å². The van der Waals surface area contributed by atoms with Crippen LogP contribution < -0.4 is 14.5 Å². The number of hydrogen-bond acceptors (Lipinski definition) is 4. The fourth-order valence-corrected chi connectivity index (χ4v) is 3.49. The van der Waals surface area contributed by atoms with E-state index in [1.807, 2.05) is 36.4 Å². The Bertz CT molecular complexity index is 686. The Morgan fingerprint density at radius 3 is 2.37 bits per heavy atom. The van der Waals surface area contributed by atoms with Crippen molar-refractivity contribution >= 4 is 17.3 Å². The molecule has 0 aliphatic carbocycles. The number of ether oxygens (including phenoxy) is 2. The van der Waals surface area contributed by atoms with Gasteiger partial charge in [0.05, 0.1) is 46.5 Å². The van der Waals surface area contributed by atoms with Crippen molar-refractivity contribution in [2.45, 2.75) is 12.7 Å². The molecule has 0 unspecified atom stereocenters. The molecule has 1 aliphatic heterocycles. The van der Waals surface area contributed by atoms with Crippen LogP contribution in [-0.4, -0.2) is 57.7 Å². The van der Waals surface area contributed by atoms with Gasteiger partial charge in [-0.25, -0.2) is 0 Å². The first-order valence-electron chi connectivity index (χ1n) is 9.37. The lowest BCUT2D eigenvalue weighted by molar-refractivity contribution is -0.903. The molecule has 1 fully saturated rings. The number of hydrogen-bond donors (Lipinski definition) is 2. The molecular formula is C21H28ClN2O3+. The quantitative estimate of drug-likeness (QED) is 0.718. The first-order valence-corrected chi connectivity index (χ1v) is 9.74. The smallest absolute Gasteiger partial charge is 0.126 e. The van der Waals surface area contributed by atoms with Crippen molar-refractivity contribution in [3.63, 3.8) is 0 Å². The van der Waals surface area contributed by atoms with Crippen LogP contribution in [0.3, 0.4) is 0 Å². The molecule has 0 aromatic heterocycles. The van der Waals surface area contributed by atoms with E-state index in [0.717, 1.165) is 49.1 Å². The van der Waals surface area contributed by atoms with E-state index in [1.165, 1.54) is 10.6 Å². The average Bonchev–Trinajstić information content (AvgIpc) is 2.70. The number of rotatable bonds is 8. The predicted octanol–water partition coefficient (Wildman–Crippen LogP) is 1.63. The Hall–Kier alpha value is -1.79. The van der Waals surface area contributed by atoms with Crippen LogP contribution in [0.1, 0.15) is 5.56 Å². The number of aliphatic hydroxyl groups is 1. The summed E-state index contributed by atoms with van der Waals surface area (Å²) in [6, 6.07) is 15.8. The largest absolute Gasteiger partial charge is 0.497 e. The Morgan fingerprint density at radius 1 is 1.07 bits per heavy atom. The number of benzene rings is 2. The van der Waals surface area contributed by atoms with Crippen LogP contribution >= 0.6 is 11.6 Å². The maximum absolute atomic E-state index is 10.3. The molecule has 0 radical (unpaired) electrons. The number of halogens is 1. The summed E-state index contributed by atoms with van der Waals surface area (Å²) < 4.78 is 10.9. The van der Waals surface area contributed by atoms with Gasteiger partial charge in [-0.2, -0.15) is 0 Å². The number of methoxy groups -OCH3 is 1. The minimum Gasteiger partial charge on any atom is -0.497 e. The highest BCUT2D eigenvalue weighted by atomic mass is 35.5. The predicted molar refractivity (Wildman–Crippen MR) is 108 cm³/mol. The zero-order valence-corrected chi connectivity index (χ0v) is 16.5. The minimum absolute atomic E-state index is 0.355. The van der Waals surface area contributed by atoms with Crippen molar-refractivity contribution in [1.29, 1.82) is 0 Å². The lowest BCUT2D eigenvalue weighted by Gasteiger charge is -2.34. The number of nitrogens with one attached hydrogen (secondary N) is 1. The summed E-state index contributed by atoms with van der Waals surface area (Å²) in [5.74, 6) is 0.879. The molecule has 0 bridgehead atoms. The average molecular weight is 392 g/mol. The second-order valence-electron chi connectivity index (χ2n) is 6.93. The summed E-state index contributed by atoms with van der Waals surface area (Å²) in [5, 5.41) is 11.0. The molecule has 2 aromatic rings. The van der Waals surface area contributed by atoms with E-state index >= 15 is 0 Å². The third-order valence-electron chi connectivity index (χ3n) is 4.92. The number of anilines is 1.